The zero-order valence-electron chi connectivity index (χ0n) is 14.6. The van der Waals surface area contributed by atoms with Gasteiger partial charge in [-0.1, -0.05) is 31.9 Å². The van der Waals surface area contributed by atoms with Gasteiger partial charge in [-0.15, -0.1) is 0 Å². The minimum absolute atomic E-state index is 0.440. The Morgan fingerprint density at radius 2 is 2.04 bits per heavy atom. The van der Waals surface area contributed by atoms with Crippen LogP contribution in [0.2, 0.25) is 0 Å². The summed E-state index contributed by atoms with van der Waals surface area (Å²) >= 11 is 0. The third-order valence-corrected chi connectivity index (χ3v) is 3.85. The zero-order chi connectivity index (χ0) is 18.2. The van der Waals surface area contributed by atoms with Gasteiger partial charge in [-0.2, -0.15) is 0 Å². The molecule has 1 N–H and O–H groups in total. The van der Waals surface area contributed by atoms with Crippen molar-refractivity contribution in [3.63, 3.8) is 0 Å². The van der Waals surface area contributed by atoms with Crippen molar-refractivity contribution in [3.8, 4) is 28.3 Å². The topological polar surface area (TPSA) is 77.2 Å². The lowest BCUT2D eigenvalue weighted by Gasteiger charge is -2.08. The second-order valence-electron chi connectivity index (χ2n) is 5.85. The molecule has 6 nitrogen and oxygen atoms in total. The van der Waals surface area contributed by atoms with Crippen molar-refractivity contribution >= 4 is 6.09 Å². The van der Waals surface area contributed by atoms with Crippen LogP contribution in [0.15, 0.2) is 59.6 Å². The summed E-state index contributed by atoms with van der Waals surface area (Å²) in [5.74, 6) is 0.996. The van der Waals surface area contributed by atoms with Crippen LogP contribution in [-0.4, -0.2) is 22.6 Å². The molecule has 26 heavy (non-hydrogen) atoms. The molecule has 2 aromatic heterocycles. The number of aromatic nitrogens is 2. The summed E-state index contributed by atoms with van der Waals surface area (Å²) in [6, 6.07) is 9.26. The molecular formula is C20H21N3O3. The first-order valence-electron chi connectivity index (χ1n) is 8.67. The van der Waals surface area contributed by atoms with Gasteiger partial charge in [-0.25, -0.2) is 9.78 Å². The number of rotatable bonds is 7. The van der Waals surface area contributed by atoms with Gasteiger partial charge in [-0.3, -0.25) is 4.98 Å². The van der Waals surface area contributed by atoms with Crippen molar-refractivity contribution in [2.45, 2.75) is 26.2 Å². The molecule has 0 unspecified atom stereocenters. The molecule has 0 aliphatic carbocycles. The highest BCUT2D eigenvalue weighted by Gasteiger charge is 2.08. The lowest BCUT2D eigenvalue weighted by atomic mass is 10.1. The van der Waals surface area contributed by atoms with Crippen LogP contribution in [0.5, 0.6) is 5.75 Å². The number of pyridine rings is 1. The summed E-state index contributed by atoms with van der Waals surface area (Å²) in [5, 5.41) is 2.76. The molecule has 0 atom stereocenters. The molecular weight excluding hydrogens is 330 g/mol. The van der Waals surface area contributed by atoms with E-state index in [9.17, 15) is 4.79 Å². The molecule has 3 aromatic rings. The Kier molecular flexibility index (Phi) is 5.98. The third kappa shape index (κ3) is 4.69. The first-order chi connectivity index (χ1) is 12.8. The van der Waals surface area contributed by atoms with E-state index in [0.29, 0.717) is 18.2 Å². The molecule has 0 radical (unpaired) electrons. The Bertz CT molecular complexity index is 847. The molecule has 0 bridgehead atoms. The van der Waals surface area contributed by atoms with Crippen LogP contribution >= 0.6 is 0 Å². The fraction of sp³-hybridized carbons (Fsp3) is 0.250. The van der Waals surface area contributed by atoms with Crippen molar-refractivity contribution in [2.75, 3.05) is 6.54 Å². The number of ether oxygens (including phenoxy) is 1. The number of carbonyl (C=O) groups is 1. The number of hydrogen-bond donors (Lipinski definition) is 1. The van der Waals surface area contributed by atoms with Crippen LogP contribution in [0.3, 0.4) is 0 Å². The van der Waals surface area contributed by atoms with Gasteiger partial charge in [-0.05, 0) is 30.2 Å². The quantitative estimate of drug-likeness (QED) is 0.625. The summed E-state index contributed by atoms with van der Waals surface area (Å²) in [6.07, 6.45) is 9.26. The van der Waals surface area contributed by atoms with E-state index in [1.54, 1.807) is 24.7 Å². The number of oxazole rings is 1. The molecule has 0 saturated carbocycles. The van der Waals surface area contributed by atoms with Gasteiger partial charge in [0.25, 0.3) is 0 Å². The SMILES string of the molecule is CCCCCNC(=O)Oc1cccc(-c2cncc(-c3ncco3)c2)c1. The Balaban J connectivity index is 1.69. The predicted molar refractivity (Wildman–Crippen MR) is 98.7 cm³/mol. The lowest BCUT2D eigenvalue weighted by Crippen LogP contribution is -2.27. The highest BCUT2D eigenvalue weighted by molar-refractivity contribution is 5.73. The van der Waals surface area contributed by atoms with Gasteiger partial charge in [0.15, 0.2) is 0 Å². The minimum Gasteiger partial charge on any atom is -0.444 e. The maximum atomic E-state index is 11.9. The fourth-order valence-electron chi connectivity index (χ4n) is 2.53. The Morgan fingerprint density at radius 1 is 1.15 bits per heavy atom. The molecule has 0 fully saturated rings. The maximum absolute atomic E-state index is 11.9. The molecule has 1 aromatic carbocycles. The lowest BCUT2D eigenvalue weighted by molar-refractivity contribution is 0.200. The van der Waals surface area contributed by atoms with Gasteiger partial charge in [0, 0.05) is 24.5 Å². The van der Waals surface area contributed by atoms with Gasteiger partial charge in [0.05, 0.1) is 11.8 Å². The minimum atomic E-state index is -0.440. The van der Waals surface area contributed by atoms with E-state index in [0.717, 1.165) is 36.0 Å². The van der Waals surface area contributed by atoms with E-state index in [-0.39, 0.29) is 0 Å². The summed E-state index contributed by atoms with van der Waals surface area (Å²) in [4.78, 5) is 20.2. The highest BCUT2D eigenvalue weighted by Crippen LogP contribution is 2.27. The molecule has 1 amide bonds. The number of nitrogens with one attached hydrogen (secondary N) is 1. The van der Waals surface area contributed by atoms with Crippen molar-refractivity contribution in [3.05, 3.63) is 55.2 Å². The van der Waals surface area contributed by atoms with E-state index in [4.69, 9.17) is 9.15 Å². The molecule has 0 aliphatic rings. The second kappa shape index (κ2) is 8.80. The van der Waals surface area contributed by atoms with Crippen LogP contribution in [-0.2, 0) is 0 Å². The number of amides is 1. The number of benzene rings is 1. The average Bonchev–Trinajstić information content (AvgIpc) is 3.20. The number of nitrogens with zero attached hydrogens (tertiary/aromatic N) is 2. The first kappa shape index (κ1) is 17.7. The molecule has 6 heteroatoms. The van der Waals surface area contributed by atoms with Crippen LogP contribution in [0, 0.1) is 0 Å². The summed E-state index contributed by atoms with van der Waals surface area (Å²) in [6.45, 7) is 2.74. The van der Waals surface area contributed by atoms with Gasteiger partial charge in [0.2, 0.25) is 5.89 Å². The van der Waals surface area contributed by atoms with Crippen molar-refractivity contribution in [1.82, 2.24) is 15.3 Å². The molecule has 0 aliphatic heterocycles. The van der Waals surface area contributed by atoms with Crippen LogP contribution < -0.4 is 10.1 Å². The van der Waals surface area contributed by atoms with E-state index in [1.165, 1.54) is 6.26 Å². The smallest absolute Gasteiger partial charge is 0.412 e. The largest absolute Gasteiger partial charge is 0.444 e. The van der Waals surface area contributed by atoms with E-state index < -0.39 is 6.09 Å². The number of hydrogen-bond acceptors (Lipinski definition) is 5. The summed E-state index contributed by atoms with van der Waals surface area (Å²) in [7, 11) is 0. The van der Waals surface area contributed by atoms with Gasteiger partial charge in [0.1, 0.15) is 12.0 Å². The number of carbonyl (C=O) groups excluding carboxylic acids is 1. The highest BCUT2D eigenvalue weighted by atomic mass is 16.6. The van der Waals surface area contributed by atoms with Crippen LogP contribution in [0.4, 0.5) is 4.79 Å². The van der Waals surface area contributed by atoms with Crippen molar-refractivity contribution in [2.24, 2.45) is 0 Å². The van der Waals surface area contributed by atoms with E-state index in [2.05, 4.69) is 22.2 Å². The van der Waals surface area contributed by atoms with Gasteiger partial charge < -0.3 is 14.5 Å². The molecule has 3 rings (SSSR count). The van der Waals surface area contributed by atoms with Crippen molar-refractivity contribution in [1.29, 1.82) is 0 Å². The summed E-state index contributed by atoms with van der Waals surface area (Å²) < 4.78 is 10.7. The Morgan fingerprint density at radius 3 is 2.85 bits per heavy atom. The maximum Gasteiger partial charge on any atom is 0.412 e. The Labute approximate surface area is 152 Å². The van der Waals surface area contributed by atoms with Gasteiger partial charge >= 0.3 is 6.09 Å². The van der Waals surface area contributed by atoms with Crippen LogP contribution in [0.1, 0.15) is 26.2 Å². The third-order valence-electron chi connectivity index (χ3n) is 3.85. The zero-order valence-corrected chi connectivity index (χ0v) is 14.6. The fourth-order valence-corrected chi connectivity index (χ4v) is 2.53. The average molecular weight is 351 g/mol. The normalized spacial score (nSPS) is 10.5. The monoisotopic (exact) mass is 351 g/mol. The second-order valence-corrected chi connectivity index (χ2v) is 5.85. The number of unbranched alkanes of at least 4 members (excludes halogenated alkanes) is 2. The molecule has 0 saturated heterocycles. The molecule has 0 spiro atoms. The summed E-state index contributed by atoms with van der Waals surface area (Å²) in [5.41, 5.74) is 2.56. The van der Waals surface area contributed by atoms with Crippen LogP contribution in [0.25, 0.3) is 22.6 Å². The molecule has 2 heterocycles. The van der Waals surface area contributed by atoms with E-state index in [1.807, 2.05) is 24.3 Å². The predicted octanol–water partition coefficient (Wildman–Crippen LogP) is 4.68. The van der Waals surface area contributed by atoms with E-state index >= 15 is 0 Å². The standard InChI is InChI=1S/C20H21N3O3/c1-2-3-4-8-23-20(24)26-18-7-5-6-15(12-18)16-11-17(14-21-13-16)19-22-9-10-25-19/h5-7,9-14H,2-4,8H2,1H3,(H,23,24). The first-order valence-corrected chi connectivity index (χ1v) is 8.67. The Hall–Kier alpha value is -3.15. The van der Waals surface area contributed by atoms with Crippen molar-refractivity contribution < 1.29 is 13.9 Å². The molecule has 134 valence electrons.